The van der Waals surface area contributed by atoms with Crippen molar-refractivity contribution in [2.75, 3.05) is 26.8 Å². The van der Waals surface area contributed by atoms with Gasteiger partial charge in [-0.3, -0.25) is 0 Å². The molecule has 1 aliphatic carbocycles. The molecule has 1 aromatic heterocycles. The molecule has 1 aromatic rings. The van der Waals surface area contributed by atoms with Crippen LogP contribution in [0.3, 0.4) is 0 Å². The molecule has 0 bridgehead atoms. The van der Waals surface area contributed by atoms with Crippen molar-refractivity contribution in [3.63, 3.8) is 0 Å². The number of nitrogens with zero attached hydrogens (tertiary/aromatic N) is 1. The number of carbonyl (C=O) groups excluding carboxylic acids is 1. The van der Waals surface area contributed by atoms with Crippen molar-refractivity contribution < 1.29 is 23.0 Å². The molecule has 1 spiro atoms. The molecular formula is C21H30F2N2O3S. The van der Waals surface area contributed by atoms with E-state index in [1.807, 2.05) is 6.07 Å². The number of alkyl halides is 2. The van der Waals surface area contributed by atoms with Crippen LogP contribution in [0.4, 0.5) is 13.6 Å². The van der Waals surface area contributed by atoms with E-state index in [9.17, 15) is 13.6 Å². The number of halogens is 2. The first-order valence-electron chi connectivity index (χ1n) is 10.5. The molecule has 29 heavy (non-hydrogen) atoms. The SMILES string of the molecule is COC(=O)N[C@H]1C[C@@H](CN2CC[C@]3(C[C@@H]2C)OCCc2cc(CC(F)F)sc23)C1. The Hall–Kier alpha value is -1.25. The van der Waals surface area contributed by atoms with Gasteiger partial charge in [-0.1, -0.05) is 0 Å². The zero-order valence-corrected chi connectivity index (χ0v) is 17.9. The Morgan fingerprint density at radius 3 is 2.97 bits per heavy atom. The van der Waals surface area contributed by atoms with E-state index >= 15 is 0 Å². The Balaban J connectivity index is 1.35. The Morgan fingerprint density at radius 1 is 1.48 bits per heavy atom. The number of piperidine rings is 1. The second kappa shape index (κ2) is 8.47. The van der Waals surface area contributed by atoms with Crippen molar-refractivity contribution in [1.82, 2.24) is 10.2 Å². The zero-order chi connectivity index (χ0) is 20.6. The van der Waals surface area contributed by atoms with Gasteiger partial charge < -0.3 is 19.7 Å². The number of rotatable bonds is 5. The second-order valence-corrected chi connectivity index (χ2v) is 9.86. The van der Waals surface area contributed by atoms with Gasteiger partial charge in [0.25, 0.3) is 0 Å². The smallest absolute Gasteiger partial charge is 0.407 e. The maximum absolute atomic E-state index is 12.8. The molecule has 0 unspecified atom stereocenters. The van der Waals surface area contributed by atoms with E-state index in [0.29, 0.717) is 18.6 Å². The summed E-state index contributed by atoms with van der Waals surface area (Å²) in [5.74, 6) is 0.593. The summed E-state index contributed by atoms with van der Waals surface area (Å²) in [6.45, 7) is 4.90. The lowest BCUT2D eigenvalue weighted by Gasteiger charge is -2.49. The minimum Gasteiger partial charge on any atom is -0.453 e. The van der Waals surface area contributed by atoms with Crippen LogP contribution in [-0.4, -0.2) is 56.3 Å². The van der Waals surface area contributed by atoms with E-state index in [0.717, 1.165) is 50.1 Å². The highest BCUT2D eigenvalue weighted by Gasteiger charge is 2.45. The summed E-state index contributed by atoms with van der Waals surface area (Å²) in [4.78, 5) is 15.8. The van der Waals surface area contributed by atoms with E-state index in [1.165, 1.54) is 28.9 Å². The molecular weight excluding hydrogens is 398 g/mol. The summed E-state index contributed by atoms with van der Waals surface area (Å²) < 4.78 is 36.7. The van der Waals surface area contributed by atoms with Crippen LogP contribution in [-0.2, 0) is 27.9 Å². The summed E-state index contributed by atoms with van der Waals surface area (Å²) in [5.41, 5.74) is 0.914. The largest absolute Gasteiger partial charge is 0.453 e. The van der Waals surface area contributed by atoms with Crippen LogP contribution in [0.2, 0.25) is 0 Å². The molecule has 3 aliphatic rings. The number of amides is 1. The molecule has 1 amide bonds. The number of likely N-dealkylation sites (tertiary alicyclic amines) is 1. The van der Waals surface area contributed by atoms with Crippen LogP contribution in [0.25, 0.3) is 0 Å². The highest BCUT2D eigenvalue weighted by Crippen LogP contribution is 2.47. The molecule has 2 atom stereocenters. The zero-order valence-electron chi connectivity index (χ0n) is 17.1. The molecule has 1 N–H and O–H groups in total. The fourth-order valence-corrected chi connectivity index (χ4v) is 6.55. The van der Waals surface area contributed by atoms with Crippen LogP contribution < -0.4 is 5.32 Å². The summed E-state index contributed by atoms with van der Waals surface area (Å²) in [6, 6.07) is 2.58. The van der Waals surface area contributed by atoms with E-state index in [2.05, 4.69) is 21.9 Å². The fraction of sp³-hybridized carbons (Fsp3) is 0.762. The number of thiophene rings is 1. The Labute approximate surface area is 174 Å². The number of hydrogen-bond donors (Lipinski definition) is 1. The molecule has 4 rings (SSSR count). The lowest BCUT2D eigenvalue weighted by molar-refractivity contribution is -0.112. The normalized spacial score (nSPS) is 32.1. The van der Waals surface area contributed by atoms with Crippen molar-refractivity contribution >= 4 is 17.4 Å². The third-order valence-electron chi connectivity index (χ3n) is 6.67. The van der Waals surface area contributed by atoms with Crippen LogP contribution in [0.15, 0.2) is 6.07 Å². The number of methoxy groups -OCH3 is 1. The number of carbonyl (C=O) groups is 1. The lowest BCUT2D eigenvalue weighted by atomic mass is 9.77. The third kappa shape index (κ3) is 4.44. The molecule has 0 aromatic carbocycles. The summed E-state index contributed by atoms with van der Waals surface area (Å²) in [6.07, 6.45) is 1.82. The van der Waals surface area contributed by atoms with Gasteiger partial charge in [0, 0.05) is 41.3 Å². The highest BCUT2D eigenvalue weighted by atomic mass is 32.1. The summed E-state index contributed by atoms with van der Waals surface area (Å²) in [5, 5.41) is 2.87. The number of alkyl carbamates (subject to hydrolysis) is 1. The Bertz CT molecular complexity index is 738. The monoisotopic (exact) mass is 428 g/mol. The van der Waals surface area contributed by atoms with Gasteiger partial charge in [-0.2, -0.15) is 0 Å². The van der Waals surface area contributed by atoms with Gasteiger partial charge in [0.1, 0.15) is 5.60 Å². The minimum absolute atomic E-state index is 0.155. The first-order valence-corrected chi connectivity index (χ1v) is 11.3. The van der Waals surface area contributed by atoms with Gasteiger partial charge in [0.05, 0.1) is 13.7 Å². The van der Waals surface area contributed by atoms with Crippen LogP contribution in [0.5, 0.6) is 0 Å². The summed E-state index contributed by atoms with van der Waals surface area (Å²) >= 11 is 1.53. The number of nitrogens with one attached hydrogen (secondary N) is 1. The summed E-state index contributed by atoms with van der Waals surface area (Å²) in [7, 11) is 1.39. The van der Waals surface area contributed by atoms with Crippen LogP contribution in [0.1, 0.15) is 47.9 Å². The minimum atomic E-state index is -2.30. The Morgan fingerprint density at radius 2 is 2.28 bits per heavy atom. The van der Waals surface area contributed by atoms with Crippen molar-refractivity contribution in [2.45, 2.75) is 69.6 Å². The highest BCUT2D eigenvalue weighted by molar-refractivity contribution is 7.12. The van der Waals surface area contributed by atoms with Crippen LogP contribution >= 0.6 is 11.3 Å². The van der Waals surface area contributed by atoms with E-state index in [1.54, 1.807) is 0 Å². The predicted octanol–water partition coefficient (Wildman–Crippen LogP) is 3.94. The fourth-order valence-electron chi connectivity index (χ4n) is 5.15. The number of ether oxygens (including phenoxy) is 2. The average Bonchev–Trinajstić information content (AvgIpc) is 3.05. The topological polar surface area (TPSA) is 50.8 Å². The number of hydrogen-bond acceptors (Lipinski definition) is 5. The van der Waals surface area contributed by atoms with Gasteiger partial charge in [-0.25, -0.2) is 13.6 Å². The van der Waals surface area contributed by atoms with Gasteiger partial charge in [0.2, 0.25) is 6.43 Å². The van der Waals surface area contributed by atoms with E-state index < -0.39 is 6.43 Å². The van der Waals surface area contributed by atoms with Crippen molar-refractivity contribution in [3.05, 3.63) is 21.4 Å². The van der Waals surface area contributed by atoms with Gasteiger partial charge in [0.15, 0.2) is 0 Å². The molecule has 1 saturated heterocycles. The predicted molar refractivity (Wildman–Crippen MR) is 108 cm³/mol. The van der Waals surface area contributed by atoms with Gasteiger partial charge >= 0.3 is 6.09 Å². The number of fused-ring (bicyclic) bond motifs is 2. The van der Waals surface area contributed by atoms with Gasteiger partial charge in [-0.05, 0) is 56.6 Å². The maximum atomic E-state index is 12.8. The first-order chi connectivity index (χ1) is 13.9. The molecule has 3 heterocycles. The van der Waals surface area contributed by atoms with E-state index in [4.69, 9.17) is 4.74 Å². The molecule has 2 aliphatic heterocycles. The molecule has 1 saturated carbocycles. The standard InChI is InChI=1S/C21H30F2N2O3S/c1-13-11-21(19-15(3-6-28-21)9-17(29-19)10-18(22)23)4-5-25(13)12-14-7-16(8-14)24-20(26)27-2/h9,13-14,16,18H,3-8,10-12H2,1-2H3,(H,24,26)/t13-,14-,16+,21+/m0/s1. The molecule has 2 fully saturated rings. The van der Waals surface area contributed by atoms with E-state index in [-0.39, 0.29) is 24.2 Å². The van der Waals surface area contributed by atoms with Crippen molar-refractivity contribution in [3.8, 4) is 0 Å². The molecule has 0 radical (unpaired) electrons. The second-order valence-electron chi connectivity index (χ2n) is 8.72. The maximum Gasteiger partial charge on any atom is 0.407 e. The molecule has 162 valence electrons. The van der Waals surface area contributed by atoms with Crippen molar-refractivity contribution in [2.24, 2.45) is 5.92 Å². The average molecular weight is 429 g/mol. The quantitative estimate of drug-likeness (QED) is 0.772. The van der Waals surface area contributed by atoms with Gasteiger partial charge in [-0.15, -0.1) is 11.3 Å². The Kier molecular flexibility index (Phi) is 6.14. The molecule has 5 nitrogen and oxygen atoms in total. The van der Waals surface area contributed by atoms with Crippen LogP contribution in [0, 0.1) is 5.92 Å². The lowest BCUT2D eigenvalue weighted by Crippen LogP contribution is -2.54. The first kappa shape index (κ1) is 21.0. The molecule has 8 heteroatoms. The van der Waals surface area contributed by atoms with Crippen molar-refractivity contribution in [1.29, 1.82) is 0 Å². The third-order valence-corrected chi connectivity index (χ3v) is 8.05.